The molecule has 4 nitrogen and oxygen atoms in total. The maximum Gasteiger partial charge on any atom is 0.148 e. The number of hydrogen-bond donors (Lipinski definition) is 1. The minimum Gasteiger partial charge on any atom is -0.364 e. The maximum atomic E-state index is 4.45. The number of fused-ring (bicyclic) bond motifs is 3. The maximum absolute atomic E-state index is 4.45. The Morgan fingerprint density at radius 3 is 2.42 bits per heavy atom. The van der Waals surface area contributed by atoms with E-state index in [4.69, 9.17) is 0 Å². The zero-order valence-corrected chi connectivity index (χ0v) is 14.8. The average molecular weight is 322 g/mol. The zero-order chi connectivity index (χ0) is 16.7. The Morgan fingerprint density at radius 2 is 1.79 bits per heavy atom. The van der Waals surface area contributed by atoms with Crippen molar-refractivity contribution in [2.24, 2.45) is 5.92 Å². The Hall–Kier alpha value is -1.94. The van der Waals surface area contributed by atoms with Crippen LogP contribution in [0.5, 0.6) is 0 Å². The molecule has 126 valence electrons. The molecule has 2 aromatic rings. The summed E-state index contributed by atoms with van der Waals surface area (Å²) in [5.74, 6) is 1.67. The summed E-state index contributed by atoms with van der Waals surface area (Å²) in [6, 6.07) is 11.7. The van der Waals surface area contributed by atoms with Crippen LogP contribution in [0.3, 0.4) is 0 Å². The van der Waals surface area contributed by atoms with Gasteiger partial charge in [0.25, 0.3) is 0 Å². The summed E-state index contributed by atoms with van der Waals surface area (Å²) in [4.78, 5) is 2.59. The van der Waals surface area contributed by atoms with Gasteiger partial charge in [-0.15, -0.1) is 10.2 Å². The summed E-state index contributed by atoms with van der Waals surface area (Å²) < 4.78 is 0. The number of hydrogen-bond acceptors (Lipinski definition) is 4. The van der Waals surface area contributed by atoms with E-state index in [1.807, 2.05) is 0 Å². The van der Waals surface area contributed by atoms with Crippen molar-refractivity contribution >= 4 is 5.82 Å². The van der Waals surface area contributed by atoms with Crippen molar-refractivity contribution in [1.82, 2.24) is 15.1 Å². The van der Waals surface area contributed by atoms with E-state index >= 15 is 0 Å². The fourth-order valence-corrected chi connectivity index (χ4v) is 4.18. The van der Waals surface area contributed by atoms with Gasteiger partial charge in [-0.3, -0.25) is 4.90 Å². The molecule has 1 aromatic heterocycles. The van der Waals surface area contributed by atoms with Crippen LogP contribution < -0.4 is 5.32 Å². The van der Waals surface area contributed by atoms with Crippen molar-refractivity contribution in [2.75, 3.05) is 18.4 Å². The molecule has 3 aliphatic heterocycles. The highest BCUT2D eigenvalue weighted by atomic mass is 15.2. The molecule has 5 rings (SSSR count). The van der Waals surface area contributed by atoms with Gasteiger partial charge in [0.15, 0.2) is 0 Å². The third-order valence-corrected chi connectivity index (χ3v) is 5.96. The number of nitrogens with one attached hydrogen (secondary N) is 1. The fourth-order valence-electron chi connectivity index (χ4n) is 4.18. The number of anilines is 1. The van der Waals surface area contributed by atoms with Crippen LogP contribution >= 0.6 is 0 Å². The number of aryl methyl sites for hydroxylation is 2. The lowest BCUT2D eigenvalue weighted by Gasteiger charge is -2.50. The van der Waals surface area contributed by atoms with E-state index in [1.54, 1.807) is 0 Å². The summed E-state index contributed by atoms with van der Waals surface area (Å²) in [6.45, 7) is 9.10. The van der Waals surface area contributed by atoms with E-state index in [-0.39, 0.29) is 0 Å². The van der Waals surface area contributed by atoms with E-state index in [1.165, 1.54) is 37.1 Å². The van der Waals surface area contributed by atoms with Crippen molar-refractivity contribution < 1.29 is 0 Å². The molecule has 0 saturated carbocycles. The first-order valence-corrected chi connectivity index (χ1v) is 9.04. The first kappa shape index (κ1) is 15.6. The average Bonchev–Trinajstić information content (AvgIpc) is 2.61. The molecular weight excluding hydrogens is 296 g/mol. The molecule has 4 heteroatoms. The highest BCUT2D eigenvalue weighted by molar-refractivity contribution is 5.61. The molecule has 24 heavy (non-hydrogen) atoms. The minimum absolute atomic E-state index is 0.495. The van der Waals surface area contributed by atoms with Crippen molar-refractivity contribution in [1.29, 1.82) is 0 Å². The third kappa shape index (κ3) is 2.80. The fraction of sp³-hybridized carbons (Fsp3) is 0.500. The van der Waals surface area contributed by atoms with Gasteiger partial charge in [-0.05, 0) is 81.9 Å². The molecule has 0 radical (unpaired) electrons. The summed E-state index contributed by atoms with van der Waals surface area (Å²) in [6.07, 6.45) is 2.60. The molecule has 3 aliphatic rings. The predicted molar refractivity (Wildman–Crippen MR) is 98.1 cm³/mol. The summed E-state index contributed by atoms with van der Waals surface area (Å²) >= 11 is 0. The molecule has 2 bridgehead atoms. The molecule has 3 fully saturated rings. The van der Waals surface area contributed by atoms with Gasteiger partial charge in [0.1, 0.15) is 5.82 Å². The van der Waals surface area contributed by atoms with Crippen LogP contribution in [0.25, 0.3) is 11.3 Å². The summed E-state index contributed by atoms with van der Waals surface area (Å²) in [7, 11) is 0. The van der Waals surface area contributed by atoms with Crippen LogP contribution in [0.15, 0.2) is 30.3 Å². The molecule has 2 atom stereocenters. The number of benzene rings is 1. The zero-order valence-electron chi connectivity index (χ0n) is 14.8. The van der Waals surface area contributed by atoms with Crippen LogP contribution in [-0.4, -0.2) is 40.3 Å². The van der Waals surface area contributed by atoms with Crippen LogP contribution in [0.2, 0.25) is 0 Å². The topological polar surface area (TPSA) is 41.0 Å². The first-order chi connectivity index (χ1) is 11.6. The Labute approximate surface area is 144 Å². The van der Waals surface area contributed by atoms with E-state index in [0.717, 1.165) is 23.0 Å². The lowest BCUT2D eigenvalue weighted by molar-refractivity contribution is 0.0457. The molecule has 0 amide bonds. The van der Waals surface area contributed by atoms with Gasteiger partial charge < -0.3 is 5.32 Å². The van der Waals surface area contributed by atoms with Gasteiger partial charge in [0.2, 0.25) is 0 Å². The van der Waals surface area contributed by atoms with Crippen molar-refractivity contribution in [3.05, 3.63) is 41.5 Å². The number of nitrogens with zero attached hydrogens (tertiary/aromatic N) is 3. The van der Waals surface area contributed by atoms with Crippen LogP contribution in [0.1, 0.15) is 30.9 Å². The Morgan fingerprint density at radius 1 is 1.00 bits per heavy atom. The van der Waals surface area contributed by atoms with E-state index in [9.17, 15) is 0 Å². The Kier molecular flexibility index (Phi) is 4.01. The highest BCUT2D eigenvalue weighted by Crippen LogP contribution is 2.33. The summed E-state index contributed by atoms with van der Waals surface area (Å²) in [5, 5.41) is 12.5. The Bertz CT molecular complexity index is 715. The van der Waals surface area contributed by atoms with E-state index in [2.05, 4.69) is 71.5 Å². The van der Waals surface area contributed by atoms with E-state index < -0.39 is 0 Å². The predicted octanol–water partition coefficient (Wildman–Crippen LogP) is 3.66. The van der Waals surface area contributed by atoms with Crippen LogP contribution in [0, 0.1) is 19.8 Å². The van der Waals surface area contributed by atoms with Gasteiger partial charge in [-0.1, -0.05) is 12.1 Å². The van der Waals surface area contributed by atoms with Gasteiger partial charge in [0, 0.05) is 17.6 Å². The highest BCUT2D eigenvalue weighted by Gasteiger charge is 2.39. The minimum atomic E-state index is 0.495. The molecule has 3 saturated heterocycles. The number of piperidine rings is 3. The van der Waals surface area contributed by atoms with Crippen molar-refractivity contribution in [3.63, 3.8) is 0 Å². The monoisotopic (exact) mass is 322 g/mol. The molecule has 4 heterocycles. The van der Waals surface area contributed by atoms with Crippen LogP contribution in [0.4, 0.5) is 5.82 Å². The van der Waals surface area contributed by atoms with Gasteiger partial charge >= 0.3 is 0 Å². The quantitative estimate of drug-likeness (QED) is 0.936. The van der Waals surface area contributed by atoms with Crippen LogP contribution in [-0.2, 0) is 0 Å². The number of rotatable bonds is 3. The SMILES string of the molecule is Cc1ccc(-c2ccc(N[C@H]3C4CCN(CC4)[C@@H]3C)nn2)cc1C. The molecule has 1 aromatic carbocycles. The molecule has 0 unspecified atom stereocenters. The van der Waals surface area contributed by atoms with Crippen molar-refractivity contribution in [3.8, 4) is 11.3 Å². The molecular formula is C20H26N4. The molecule has 0 aliphatic carbocycles. The smallest absolute Gasteiger partial charge is 0.148 e. The molecule has 1 N–H and O–H groups in total. The lowest BCUT2D eigenvalue weighted by Crippen LogP contribution is -2.59. The molecule has 0 spiro atoms. The van der Waals surface area contributed by atoms with E-state index in [0.29, 0.717) is 12.1 Å². The van der Waals surface area contributed by atoms with Gasteiger partial charge in [-0.2, -0.15) is 0 Å². The second-order valence-corrected chi connectivity index (χ2v) is 7.39. The second-order valence-electron chi connectivity index (χ2n) is 7.39. The second kappa shape index (κ2) is 6.17. The standard InChI is InChI=1S/C20H26N4/c1-13-4-5-17(12-14(13)2)18-6-7-19(23-22-18)21-20-15(3)24-10-8-16(20)9-11-24/h4-7,12,15-16,20H,8-11H2,1-3H3,(H,21,23)/t15-,20-/m1/s1. The van der Waals surface area contributed by atoms with Gasteiger partial charge in [-0.25, -0.2) is 0 Å². The lowest BCUT2D eigenvalue weighted by atomic mass is 9.79. The van der Waals surface area contributed by atoms with Crippen molar-refractivity contribution in [2.45, 2.75) is 45.7 Å². The number of aromatic nitrogens is 2. The normalized spacial score (nSPS) is 28.8. The van der Waals surface area contributed by atoms with Gasteiger partial charge in [0.05, 0.1) is 5.69 Å². The Balaban J connectivity index is 1.50. The third-order valence-electron chi connectivity index (χ3n) is 5.96. The largest absolute Gasteiger partial charge is 0.364 e. The summed E-state index contributed by atoms with van der Waals surface area (Å²) in [5.41, 5.74) is 4.66. The first-order valence-electron chi connectivity index (χ1n) is 9.04.